The average molecular weight is 347 g/mol. The summed E-state index contributed by atoms with van der Waals surface area (Å²) in [6.45, 7) is 5.80. The molecule has 5 heteroatoms. The molecule has 1 N–H and O–H groups in total. The van der Waals surface area contributed by atoms with Gasteiger partial charge in [-0.3, -0.25) is 0 Å². The number of aromatic amines is 1. The number of nitrogens with zero attached hydrogens (tertiary/aromatic N) is 2. The fraction of sp³-hybridized carbons (Fsp3) is 0.190. The van der Waals surface area contributed by atoms with Crippen molar-refractivity contribution in [2.45, 2.75) is 27.2 Å². The Bertz CT molecular complexity index is 994. The third-order valence-electron chi connectivity index (χ3n) is 4.16. The van der Waals surface area contributed by atoms with Gasteiger partial charge in [0.1, 0.15) is 5.56 Å². The van der Waals surface area contributed by atoms with E-state index >= 15 is 0 Å². The van der Waals surface area contributed by atoms with Crippen molar-refractivity contribution < 1.29 is 4.52 Å². The second-order valence-corrected chi connectivity index (χ2v) is 6.06. The molecule has 2 aromatic carbocycles. The summed E-state index contributed by atoms with van der Waals surface area (Å²) in [6.07, 6.45) is 0.743. The molecule has 0 saturated heterocycles. The van der Waals surface area contributed by atoms with Gasteiger partial charge < -0.3 is 4.52 Å². The van der Waals surface area contributed by atoms with Gasteiger partial charge in [0, 0.05) is 5.56 Å². The number of aryl methyl sites for hydroxylation is 1. The second kappa shape index (κ2) is 7.78. The molecule has 5 nitrogen and oxygen atoms in total. The first kappa shape index (κ1) is 17.6. The van der Waals surface area contributed by atoms with Gasteiger partial charge in [0.15, 0.2) is 0 Å². The van der Waals surface area contributed by atoms with Crippen molar-refractivity contribution in [3.05, 3.63) is 81.7 Å². The number of benzene rings is 2. The molecular formula is C21H21N3O2. The largest absolute Gasteiger partial charge is 0.366 e. The number of nitrogens with one attached hydrogen (secondary N) is 1. The lowest BCUT2D eigenvalue weighted by Gasteiger charge is -2.03. The van der Waals surface area contributed by atoms with Crippen LogP contribution < -0.4 is 5.63 Å². The Labute approximate surface area is 152 Å². The maximum absolute atomic E-state index is 12.2. The van der Waals surface area contributed by atoms with Gasteiger partial charge in [-0.2, -0.15) is 10.2 Å². The Morgan fingerprint density at radius 3 is 2.38 bits per heavy atom. The van der Waals surface area contributed by atoms with E-state index in [4.69, 9.17) is 4.52 Å². The van der Waals surface area contributed by atoms with Gasteiger partial charge >= 0.3 is 5.63 Å². The zero-order valence-corrected chi connectivity index (χ0v) is 15.1. The average Bonchev–Trinajstić information content (AvgIpc) is 3.05. The van der Waals surface area contributed by atoms with Crippen molar-refractivity contribution in [3.8, 4) is 11.3 Å². The number of H-pyrrole nitrogens is 1. The zero-order valence-electron chi connectivity index (χ0n) is 15.1. The molecule has 0 amide bonds. The predicted molar refractivity (Wildman–Crippen MR) is 105 cm³/mol. The van der Waals surface area contributed by atoms with E-state index < -0.39 is 5.63 Å². The van der Waals surface area contributed by atoms with Crippen LogP contribution in [0.3, 0.4) is 0 Å². The maximum atomic E-state index is 12.2. The summed E-state index contributed by atoms with van der Waals surface area (Å²) in [5.74, 6) is 0. The Kier molecular flexibility index (Phi) is 5.27. The highest BCUT2D eigenvalue weighted by Gasteiger charge is 2.17. The van der Waals surface area contributed by atoms with Crippen LogP contribution in [-0.2, 0) is 0 Å². The van der Waals surface area contributed by atoms with E-state index in [2.05, 4.69) is 15.4 Å². The van der Waals surface area contributed by atoms with Crippen molar-refractivity contribution in [2.75, 3.05) is 0 Å². The third-order valence-corrected chi connectivity index (χ3v) is 4.16. The zero-order chi connectivity index (χ0) is 18.5. The van der Waals surface area contributed by atoms with E-state index in [1.165, 1.54) is 0 Å². The molecule has 1 heterocycles. The summed E-state index contributed by atoms with van der Waals surface area (Å²) in [5, 5.41) is 11.4. The molecule has 1 aromatic heterocycles. The van der Waals surface area contributed by atoms with E-state index in [0.29, 0.717) is 17.0 Å². The molecule has 0 saturated carbocycles. The van der Waals surface area contributed by atoms with Gasteiger partial charge in [0.2, 0.25) is 0 Å². The number of hydrogen-bond donors (Lipinski definition) is 1. The first-order valence-corrected chi connectivity index (χ1v) is 8.55. The lowest BCUT2D eigenvalue weighted by molar-refractivity contribution is 0.393. The van der Waals surface area contributed by atoms with Crippen LogP contribution in [0.15, 0.2) is 74.1 Å². The van der Waals surface area contributed by atoms with Gasteiger partial charge in [-0.15, -0.1) is 0 Å². The van der Waals surface area contributed by atoms with Crippen LogP contribution in [0.4, 0.5) is 0 Å². The first-order chi connectivity index (χ1) is 12.6. The Morgan fingerprint density at radius 1 is 1.04 bits per heavy atom. The van der Waals surface area contributed by atoms with Gasteiger partial charge in [0.25, 0.3) is 0 Å². The van der Waals surface area contributed by atoms with E-state index in [0.717, 1.165) is 28.8 Å². The van der Waals surface area contributed by atoms with Gasteiger partial charge in [-0.05, 0) is 25.8 Å². The molecule has 0 aliphatic heterocycles. The number of hydrogen-bond acceptors (Lipinski definition) is 4. The molecule has 0 unspecified atom stereocenters. The van der Waals surface area contributed by atoms with Crippen LogP contribution in [0.25, 0.3) is 11.3 Å². The molecule has 0 fully saturated rings. The lowest BCUT2D eigenvalue weighted by Crippen LogP contribution is -2.09. The highest BCUT2D eigenvalue weighted by Crippen LogP contribution is 2.21. The van der Waals surface area contributed by atoms with Gasteiger partial charge in [-0.25, -0.2) is 9.95 Å². The van der Waals surface area contributed by atoms with Crippen LogP contribution in [-0.4, -0.2) is 16.6 Å². The van der Waals surface area contributed by atoms with E-state index in [-0.39, 0.29) is 0 Å². The van der Waals surface area contributed by atoms with Crippen molar-refractivity contribution in [1.82, 2.24) is 5.16 Å². The summed E-state index contributed by atoms with van der Waals surface area (Å²) in [7, 11) is 0. The highest BCUT2D eigenvalue weighted by atomic mass is 16.5. The standard InChI is InChI=1S/C21H21N3O2/c1-4-18(16-8-6-5-7-9-16)23-22-15(3)19-20(24-26-21(19)25)17-12-10-14(2)11-13-17/h5-13,24H,4H2,1-3H3/b22-15+,23-18+. The number of aromatic nitrogens is 1. The summed E-state index contributed by atoms with van der Waals surface area (Å²) in [5.41, 5.74) is 4.98. The van der Waals surface area contributed by atoms with Gasteiger partial charge in [-0.1, -0.05) is 67.1 Å². The highest BCUT2D eigenvalue weighted by molar-refractivity contribution is 6.05. The fourth-order valence-electron chi connectivity index (χ4n) is 2.70. The molecule has 0 bridgehead atoms. The molecular weight excluding hydrogens is 326 g/mol. The Morgan fingerprint density at radius 2 is 1.73 bits per heavy atom. The molecule has 132 valence electrons. The summed E-state index contributed by atoms with van der Waals surface area (Å²) in [6, 6.07) is 17.7. The quantitative estimate of drug-likeness (QED) is 0.542. The van der Waals surface area contributed by atoms with Crippen LogP contribution in [0, 0.1) is 6.92 Å². The normalized spacial score (nSPS) is 12.4. The van der Waals surface area contributed by atoms with Crippen LogP contribution in [0.2, 0.25) is 0 Å². The van der Waals surface area contributed by atoms with Crippen molar-refractivity contribution in [1.29, 1.82) is 0 Å². The predicted octanol–water partition coefficient (Wildman–Crippen LogP) is 4.57. The fourth-order valence-corrected chi connectivity index (χ4v) is 2.70. The first-order valence-electron chi connectivity index (χ1n) is 8.55. The van der Waals surface area contributed by atoms with Crippen molar-refractivity contribution in [2.24, 2.45) is 10.2 Å². The molecule has 3 rings (SSSR count). The number of rotatable bonds is 5. The lowest BCUT2D eigenvalue weighted by atomic mass is 10.0. The summed E-state index contributed by atoms with van der Waals surface area (Å²) in [4.78, 5) is 12.2. The van der Waals surface area contributed by atoms with Crippen molar-refractivity contribution >= 4 is 11.4 Å². The summed E-state index contributed by atoms with van der Waals surface area (Å²) < 4.78 is 5.01. The van der Waals surface area contributed by atoms with Crippen molar-refractivity contribution in [3.63, 3.8) is 0 Å². The maximum Gasteiger partial charge on any atom is 0.366 e. The minimum atomic E-state index is -0.449. The molecule has 0 aliphatic carbocycles. The molecule has 0 atom stereocenters. The van der Waals surface area contributed by atoms with E-state index in [1.54, 1.807) is 6.92 Å². The third kappa shape index (κ3) is 3.72. The molecule has 0 aliphatic rings. The Hall–Kier alpha value is -3.21. The molecule has 3 aromatic rings. The minimum Gasteiger partial charge on any atom is -0.338 e. The van der Waals surface area contributed by atoms with E-state index in [1.807, 2.05) is 68.4 Å². The van der Waals surface area contributed by atoms with E-state index in [9.17, 15) is 4.79 Å². The molecule has 0 radical (unpaired) electrons. The minimum absolute atomic E-state index is 0.404. The van der Waals surface area contributed by atoms with Crippen LogP contribution in [0.5, 0.6) is 0 Å². The Balaban J connectivity index is 2.00. The summed E-state index contributed by atoms with van der Waals surface area (Å²) >= 11 is 0. The topological polar surface area (TPSA) is 70.7 Å². The molecule has 0 spiro atoms. The smallest absolute Gasteiger partial charge is 0.338 e. The van der Waals surface area contributed by atoms with Crippen LogP contribution >= 0.6 is 0 Å². The second-order valence-electron chi connectivity index (χ2n) is 6.06. The SMILES string of the molecule is CC/C(=N\N=C(/C)c1c(-c2ccc(C)cc2)[nH]oc1=O)c1ccccc1. The monoisotopic (exact) mass is 347 g/mol. The van der Waals surface area contributed by atoms with Crippen LogP contribution in [0.1, 0.15) is 37.0 Å². The molecule has 26 heavy (non-hydrogen) atoms. The van der Waals surface area contributed by atoms with Gasteiger partial charge in [0.05, 0.1) is 17.1 Å².